The number of aromatic nitrogens is 2. The highest BCUT2D eigenvalue weighted by molar-refractivity contribution is 6.30. The summed E-state index contributed by atoms with van der Waals surface area (Å²) in [6.07, 6.45) is 1.33. The Morgan fingerprint density at radius 3 is 2.71 bits per heavy atom. The summed E-state index contributed by atoms with van der Waals surface area (Å²) in [6.45, 7) is 2.95. The van der Waals surface area contributed by atoms with Gasteiger partial charge >= 0.3 is 0 Å². The summed E-state index contributed by atoms with van der Waals surface area (Å²) in [5.41, 5.74) is 2.63. The number of amides is 1. The Labute approximate surface area is 166 Å². The SMILES string of the molecule is Cc1ccc(Cl)cc1Nc1cc(C(=O)Nc2ccc3c(c2)OCCO3)ncn1. The molecule has 2 heterocycles. The fraction of sp³-hybridized carbons (Fsp3) is 0.150. The van der Waals surface area contributed by atoms with Crippen LogP contribution in [-0.4, -0.2) is 29.1 Å². The molecule has 0 bridgehead atoms. The quantitative estimate of drug-likeness (QED) is 0.687. The fourth-order valence-electron chi connectivity index (χ4n) is 2.73. The Bertz CT molecular complexity index is 1040. The summed E-state index contributed by atoms with van der Waals surface area (Å²) in [5, 5.41) is 6.58. The Kier molecular flexibility index (Phi) is 4.99. The van der Waals surface area contributed by atoms with E-state index in [1.54, 1.807) is 30.3 Å². The molecule has 0 fully saturated rings. The highest BCUT2D eigenvalue weighted by atomic mass is 35.5. The average Bonchev–Trinajstić information content (AvgIpc) is 2.71. The standard InChI is InChI=1S/C20H17ClN4O3/c1-12-2-3-13(21)8-15(12)25-19-10-16(22-11-23-19)20(26)24-14-4-5-17-18(9-14)28-7-6-27-17/h2-5,8-11H,6-7H2,1H3,(H,24,26)(H,22,23,25). The van der Waals surface area contributed by atoms with Gasteiger partial charge in [0.05, 0.1) is 0 Å². The number of anilines is 3. The zero-order chi connectivity index (χ0) is 19.5. The number of benzene rings is 2. The van der Waals surface area contributed by atoms with Gasteiger partial charge in [0.1, 0.15) is 31.1 Å². The van der Waals surface area contributed by atoms with Gasteiger partial charge < -0.3 is 20.1 Å². The molecular weight excluding hydrogens is 380 g/mol. The van der Waals surface area contributed by atoms with Gasteiger partial charge in [0.2, 0.25) is 0 Å². The van der Waals surface area contributed by atoms with Crippen molar-refractivity contribution in [3.8, 4) is 11.5 Å². The third-order valence-corrected chi connectivity index (χ3v) is 4.40. The van der Waals surface area contributed by atoms with E-state index in [9.17, 15) is 4.79 Å². The van der Waals surface area contributed by atoms with Crippen LogP contribution in [0.25, 0.3) is 0 Å². The Morgan fingerprint density at radius 2 is 1.86 bits per heavy atom. The highest BCUT2D eigenvalue weighted by Crippen LogP contribution is 2.32. The molecule has 4 rings (SSSR count). The van der Waals surface area contributed by atoms with Gasteiger partial charge in [0.15, 0.2) is 11.5 Å². The number of halogens is 1. The van der Waals surface area contributed by atoms with E-state index in [1.807, 2.05) is 19.1 Å². The van der Waals surface area contributed by atoms with E-state index in [-0.39, 0.29) is 11.6 Å². The molecule has 1 aliphatic rings. The molecule has 3 aromatic rings. The maximum atomic E-state index is 12.6. The summed E-state index contributed by atoms with van der Waals surface area (Å²) in [4.78, 5) is 20.8. The molecule has 0 unspecified atom stereocenters. The van der Waals surface area contributed by atoms with Crippen LogP contribution in [0.5, 0.6) is 11.5 Å². The number of hydrogen-bond acceptors (Lipinski definition) is 6. The Morgan fingerprint density at radius 1 is 1.04 bits per heavy atom. The first-order valence-electron chi connectivity index (χ1n) is 8.65. The number of fused-ring (bicyclic) bond motifs is 1. The fourth-order valence-corrected chi connectivity index (χ4v) is 2.91. The monoisotopic (exact) mass is 396 g/mol. The van der Waals surface area contributed by atoms with Crippen LogP contribution in [0.1, 0.15) is 16.1 Å². The zero-order valence-corrected chi connectivity index (χ0v) is 15.8. The lowest BCUT2D eigenvalue weighted by Crippen LogP contribution is -2.17. The van der Waals surface area contributed by atoms with Crippen molar-refractivity contribution in [2.45, 2.75) is 6.92 Å². The van der Waals surface area contributed by atoms with E-state index in [0.717, 1.165) is 11.3 Å². The van der Waals surface area contributed by atoms with Gasteiger partial charge in [-0.15, -0.1) is 0 Å². The highest BCUT2D eigenvalue weighted by Gasteiger charge is 2.14. The van der Waals surface area contributed by atoms with Crippen LogP contribution in [0, 0.1) is 6.92 Å². The molecular formula is C20H17ClN4O3. The van der Waals surface area contributed by atoms with Gasteiger partial charge in [0.25, 0.3) is 5.91 Å². The first-order chi connectivity index (χ1) is 13.6. The number of carbonyl (C=O) groups excluding carboxylic acids is 1. The van der Waals surface area contributed by atoms with E-state index < -0.39 is 0 Å². The van der Waals surface area contributed by atoms with Gasteiger partial charge in [-0.3, -0.25) is 4.79 Å². The molecule has 1 amide bonds. The number of ether oxygens (including phenoxy) is 2. The van der Waals surface area contributed by atoms with Gasteiger partial charge in [-0.25, -0.2) is 9.97 Å². The van der Waals surface area contributed by atoms with Gasteiger partial charge in [-0.2, -0.15) is 0 Å². The lowest BCUT2D eigenvalue weighted by Gasteiger charge is -2.19. The minimum atomic E-state index is -0.357. The summed E-state index contributed by atoms with van der Waals surface area (Å²) in [5.74, 6) is 1.40. The topological polar surface area (TPSA) is 85.4 Å². The number of rotatable bonds is 4. The Hall–Kier alpha value is -3.32. The van der Waals surface area contributed by atoms with Crippen LogP contribution in [0.15, 0.2) is 48.8 Å². The molecule has 2 N–H and O–H groups in total. The van der Waals surface area contributed by atoms with Crippen molar-refractivity contribution >= 4 is 34.7 Å². The molecule has 1 aromatic heterocycles. The van der Waals surface area contributed by atoms with Crippen LogP contribution in [0.4, 0.5) is 17.2 Å². The molecule has 0 atom stereocenters. The second-order valence-electron chi connectivity index (χ2n) is 6.19. The largest absolute Gasteiger partial charge is 0.486 e. The molecule has 0 spiro atoms. The van der Waals surface area contributed by atoms with Crippen LogP contribution in [0.2, 0.25) is 5.02 Å². The summed E-state index contributed by atoms with van der Waals surface area (Å²) < 4.78 is 11.0. The van der Waals surface area contributed by atoms with E-state index in [2.05, 4.69) is 20.6 Å². The molecule has 7 nitrogen and oxygen atoms in total. The van der Waals surface area contributed by atoms with E-state index in [1.165, 1.54) is 6.33 Å². The van der Waals surface area contributed by atoms with Gasteiger partial charge in [-0.05, 0) is 36.8 Å². The Balaban J connectivity index is 1.51. The molecule has 142 valence electrons. The summed E-state index contributed by atoms with van der Waals surface area (Å²) in [7, 11) is 0. The smallest absolute Gasteiger partial charge is 0.274 e. The molecule has 28 heavy (non-hydrogen) atoms. The lowest BCUT2D eigenvalue weighted by molar-refractivity contribution is 0.102. The van der Waals surface area contributed by atoms with Crippen LogP contribution < -0.4 is 20.1 Å². The van der Waals surface area contributed by atoms with E-state index >= 15 is 0 Å². The van der Waals surface area contributed by atoms with Crippen molar-refractivity contribution in [3.05, 3.63) is 65.1 Å². The maximum Gasteiger partial charge on any atom is 0.274 e. The van der Waals surface area contributed by atoms with E-state index in [4.69, 9.17) is 21.1 Å². The third kappa shape index (κ3) is 3.99. The molecule has 1 aliphatic heterocycles. The molecule has 0 aliphatic carbocycles. The molecule has 0 saturated carbocycles. The first kappa shape index (κ1) is 18.1. The normalized spacial score (nSPS) is 12.4. The van der Waals surface area contributed by atoms with Gasteiger partial charge in [-0.1, -0.05) is 17.7 Å². The zero-order valence-electron chi connectivity index (χ0n) is 15.0. The number of hydrogen-bond donors (Lipinski definition) is 2. The molecule has 8 heteroatoms. The van der Waals surface area contributed by atoms with Crippen LogP contribution in [-0.2, 0) is 0 Å². The van der Waals surface area contributed by atoms with Gasteiger partial charge in [0, 0.05) is 28.5 Å². The summed E-state index contributed by atoms with van der Waals surface area (Å²) in [6, 6.07) is 12.3. The minimum absolute atomic E-state index is 0.229. The van der Waals surface area contributed by atoms with Crippen LogP contribution >= 0.6 is 11.6 Å². The second kappa shape index (κ2) is 7.74. The van der Waals surface area contributed by atoms with Crippen molar-refractivity contribution in [1.82, 2.24) is 9.97 Å². The third-order valence-electron chi connectivity index (χ3n) is 4.16. The van der Waals surface area contributed by atoms with Crippen molar-refractivity contribution < 1.29 is 14.3 Å². The number of nitrogens with zero attached hydrogens (tertiary/aromatic N) is 2. The number of aryl methyl sites for hydroxylation is 1. The maximum absolute atomic E-state index is 12.6. The summed E-state index contributed by atoms with van der Waals surface area (Å²) >= 11 is 6.05. The second-order valence-corrected chi connectivity index (χ2v) is 6.62. The first-order valence-corrected chi connectivity index (χ1v) is 9.02. The van der Waals surface area contributed by atoms with Crippen molar-refractivity contribution in [2.24, 2.45) is 0 Å². The predicted octanol–water partition coefficient (Wildman–Crippen LogP) is 4.21. The van der Waals surface area contributed by atoms with Crippen molar-refractivity contribution in [2.75, 3.05) is 23.8 Å². The predicted molar refractivity (Wildman–Crippen MR) is 107 cm³/mol. The average molecular weight is 397 g/mol. The van der Waals surface area contributed by atoms with Crippen LogP contribution in [0.3, 0.4) is 0 Å². The lowest BCUT2D eigenvalue weighted by atomic mass is 10.2. The molecule has 0 radical (unpaired) electrons. The minimum Gasteiger partial charge on any atom is -0.486 e. The van der Waals surface area contributed by atoms with Crippen molar-refractivity contribution in [1.29, 1.82) is 0 Å². The van der Waals surface area contributed by atoms with Crippen molar-refractivity contribution in [3.63, 3.8) is 0 Å². The van der Waals surface area contributed by atoms with E-state index in [0.29, 0.717) is 41.2 Å². The molecule has 2 aromatic carbocycles. The number of carbonyl (C=O) groups is 1. The molecule has 0 saturated heterocycles. The number of nitrogens with one attached hydrogen (secondary N) is 2.